The van der Waals surface area contributed by atoms with Crippen molar-refractivity contribution in [2.45, 2.75) is 12.8 Å². The number of fused-ring (bicyclic) bond motifs is 1. The van der Waals surface area contributed by atoms with Gasteiger partial charge in [-0.25, -0.2) is 19.3 Å². The molecule has 2 aromatic rings. The molecule has 0 bridgehead atoms. The lowest BCUT2D eigenvalue weighted by Crippen LogP contribution is -2.34. The number of nitrogens with zero attached hydrogens (tertiary/aromatic N) is 4. The van der Waals surface area contributed by atoms with Gasteiger partial charge in [0.2, 0.25) is 0 Å². The highest BCUT2D eigenvalue weighted by Gasteiger charge is 2.19. The highest BCUT2D eigenvalue weighted by molar-refractivity contribution is 6.18. The number of rotatable bonds is 2. The van der Waals surface area contributed by atoms with E-state index in [0.29, 0.717) is 11.6 Å². The zero-order chi connectivity index (χ0) is 12.5. The average molecular weight is 268 g/mol. The van der Waals surface area contributed by atoms with E-state index >= 15 is 0 Å². The molecule has 3 heterocycles. The lowest BCUT2D eigenvalue weighted by atomic mass is 9.99. The van der Waals surface area contributed by atoms with Crippen molar-refractivity contribution in [1.82, 2.24) is 19.6 Å². The number of piperidine rings is 1. The quantitative estimate of drug-likeness (QED) is 0.820. The molecule has 0 aromatic carbocycles. The summed E-state index contributed by atoms with van der Waals surface area (Å²) in [4.78, 5) is 17.8. The van der Waals surface area contributed by atoms with E-state index in [-0.39, 0.29) is 5.69 Å². The molecular weight excluding hydrogens is 254 g/mol. The van der Waals surface area contributed by atoms with Crippen LogP contribution in [0, 0.1) is 5.92 Å². The summed E-state index contributed by atoms with van der Waals surface area (Å²) in [5, 5.41) is 6.35. The number of nitrogens with one attached hydrogen (secondary N) is 1. The molecule has 96 valence electrons. The first-order chi connectivity index (χ1) is 8.78. The van der Waals surface area contributed by atoms with Gasteiger partial charge in [-0.15, -0.1) is 11.6 Å². The second-order valence-electron chi connectivity index (χ2n) is 4.59. The van der Waals surface area contributed by atoms with E-state index in [1.807, 2.05) is 6.07 Å². The van der Waals surface area contributed by atoms with Gasteiger partial charge in [-0.2, -0.15) is 5.10 Å². The van der Waals surface area contributed by atoms with Crippen LogP contribution in [0.25, 0.3) is 5.65 Å². The van der Waals surface area contributed by atoms with Crippen LogP contribution in [0.2, 0.25) is 0 Å². The maximum Gasteiger partial charge on any atom is 0.348 e. The van der Waals surface area contributed by atoms with Crippen LogP contribution in [0.1, 0.15) is 12.8 Å². The standard InChI is InChI=1S/C11H14ClN5O/c12-6-8-1-3-16(4-2-8)9-5-10-14-15-11(18)17(10)7-13-9/h5,7-8H,1-4,6H2,(H,15,18). The molecule has 1 aliphatic heterocycles. The molecule has 0 radical (unpaired) electrons. The zero-order valence-corrected chi connectivity index (χ0v) is 10.6. The van der Waals surface area contributed by atoms with Crippen molar-refractivity contribution < 1.29 is 0 Å². The lowest BCUT2D eigenvalue weighted by molar-refractivity contribution is 0.441. The summed E-state index contributed by atoms with van der Waals surface area (Å²) < 4.78 is 1.40. The van der Waals surface area contributed by atoms with Crippen molar-refractivity contribution in [3.05, 3.63) is 22.9 Å². The van der Waals surface area contributed by atoms with Gasteiger partial charge >= 0.3 is 5.69 Å². The molecule has 1 saturated heterocycles. The van der Waals surface area contributed by atoms with E-state index in [4.69, 9.17) is 11.6 Å². The number of anilines is 1. The fourth-order valence-electron chi connectivity index (χ4n) is 2.29. The van der Waals surface area contributed by atoms with Gasteiger partial charge < -0.3 is 4.90 Å². The number of hydrogen-bond donors (Lipinski definition) is 1. The second kappa shape index (κ2) is 4.61. The van der Waals surface area contributed by atoms with Crippen LogP contribution < -0.4 is 10.6 Å². The molecule has 1 fully saturated rings. The molecule has 0 atom stereocenters. The van der Waals surface area contributed by atoms with Crippen LogP contribution in [-0.2, 0) is 0 Å². The molecule has 0 unspecified atom stereocenters. The molecular formula is C11H14ClN5O. The predicted molar refractivity (Wildman–Crippen MR) is 69.3 cm³/mol. The predicted octanol–water partition coefficient (Wildman–Crippen LogP) is 0.873. The van der Waals surface area contributed by atoms with Crippen molar-refractivity contribution in [3.63, 3.8) is 0 Å². The van der Waals surface area contributed by atoms with Crippen LogP contribution in [0.3, 0.4) is 0 Å². The largest absolute Gasteiger partial charge is 0.356 e. The van der Waals surface area contributed by atoms with Gasteiger partial charge in [0.25, 0.3) is 0 Å². The van der Waals surface area contributed by atoms with Crippen LogP contribution in [0.4, 0.5) is 5.82 Å². The van der Waals surface area contributed by atoms with Crippen LogP contribution in [0.5, 0.6) is 0 Å². The summed E-state index contributed by atoms with van der Waals surface area (Å²) in [6.45, 7) is 1.91. The SMILES string of the molecule is O=c1[nH]nc2cc(N3CCC(CCl)CC3)ncn12. The topological polar surface area (TPSA) is 66.3 Å². The third-order valence-corrected chi connectivity index (χ3v) is 3.89. The molecule has 1 N–H and O–H groups in total. The molecule has 0 amide bonds. The van der Waals surface area contributed by atoms with Gasteiger partial charge in [0.15, 0.2) is 5.65 Å². The molecule has 2 aromatic heterocycles. The van der Waals surface area contributed by atoms with E-state index in [2.05, 4.69) is 20.1 Å². The van der Waals surface area contributed by atoms with Crippen LogP contribution in [-0.4, -0.2) is 38.6 Å². The Hall–Kier alpha value is -1.56. The summed E-state index contributed by atoms with van der Waals surface area (Å²) >= 11 is 5.87. The summed E-state index contributed by atoms with van der Waals surface area (Å²) in [6, 6.07) is 1.83. The van der Waals surface area contributed by atoms with Crippen molar-refractivity contribution in [1.29, 1.82) is 0 Å². The molecule has 0 saturated carbocycles. The smallest absolute Gasteiger partial charge is 0.348 e. The van der Waals surface area contributed by atoms with E-state index in [0.717, 1.165) is 37.6 Å². The first-order valence-corrected chi connectivity index (χ1v) is 6.55. The molecule has 18 heavy (non-hydrogen) atoms. The minimum absolute atomic E-state index is 0.259. The first kappa shape index (κ1) is 11.5. The number of hydrogen-bond acceptors (Lipinski definition) is 4. The number of halogens is 1. The van der Waals surface area contributed by atoms with Crippen molar-refractivity contribution in [2.24, 2.45) is 5.92 Å². The van der Waals surface area contributed by atoms with Gasteiger partial charge in [-0.1, -0.05) is 0 Å². The number of aromatic amines is 1. The molecule has 0 aliphatic carbocycles. The van der Waals surface area contributed by atoms with Crippen LogP contribution in [0.15, 0.2) is 17.2 Å². The molecule has 0 spiro atoms. The Balaban J connectivity index is 1.84. The summed E-state index contributed by atoms with van der Waals surface area (Å²) in [7, 11) is 0. The van der Waals surface area contributed by atoms with Crippen LogP contribution >= 0.6 is 11.6 Å². The summed E-state index contributed by atoms with van der Waals surface area (Å²) in [5.41, 5.74) is 0.342. The first-order valence-electron chi connectivity index (χ1n) is 6.01. The van der Waals surface area contributed by atoms with Gasteiger partial charge in [0.1, 0.15) is 12.1 Å². The highest BCUT2D eigenvalue weighted by Crippen LogP contribution is 2.22. The van der Waals surface area contributed by atoms with E-state index in [9.17, 15) is 4.79 Å². The van der Waals surface area contributed by atoms with E-state index in [1.165, 1.54) is 10.7 Å². The molecule has 6 nitrogen and oxygen atoms in total. The number of aromatic nitrogens is 4. The molecule has 1 aliphatic rings. The molecule has 3 rings (SSSR count). The highest BCUT2D eigenvalue weighted by atomic mass is 35.5. The second-order valence-corrected chi connectivity index (χ2v) is 4.90. The Morgan fingerprint density at radius 3 is 2.94 bits per heavy atom. The van der Waals surface area contributed by atoms with Gasteiger partial charge in [0.05, 0.1) is 0 Å². The number of alkyl halides is 1. The van der Waals surface area contributed by atoms with E-state index < -0.39 is 0 Å². The Kier molecular flexibility index (Phi) is 2.95. The van der Waals surface area contributed by atoms with Crippen molar-refractivity contribution in [3.8, 4) is 0 Å². The third kappa shape index (κ3) is 1.96. The Morgan fingerprint density at radius 1 is 1.44 bits per heavy atom. The van der Waals surface area contributed by atoms with Crippen molar-refractivity contribution >= 4 is 23.1 Å². The Morgan fingerprint density at radius 2 is 2.22 bits per heavy atom. The molecule has 7 heteroatoms. The minimum atomic E-state index is -0.259. The maximum atomic E-state index is 11.3. The summed E-state index contributed by atoms with van der Waals surface area (Å²) in [6.07, 6.45) is 3.69. The fraction of sp³-hybridized carbons (Fsp3) is 0.545. The maximum absolute atomic E-state index is 11.3. The van der Waals surface area contributed by atoms with Gasteiger partial charge in [-0.3, -0.25) is 0 Å². The van der Waals surface area contributed by atoms with Crippen molar-refractivity contribution in [2.75, 3.05) is 23.9 Å². The lowest BCUT2D eigenvalue weighted by Gasteiger charge is -2.31. The average Bonchev–Trinajstić information content (AvgIpc) is 2.80. The van der Waals surface area contributed by atoms with Gasteiger partial charge in [-0.05, 0) is 18.8 Å². The third-order valence-electron chi connectivity index (χ3n) is 3.45. The Bertz CT molecular complexity index is 599. The van der Waals surface area contributed by atoms with E-state index in [1.54, 1.807) is 0 Å². The monoisotopic (exact) mass is 267 g/mol. The van der Waals surface area contributed by atoms with Gasteiger partial charge in [0, 0.05) is 25.0 Å². The fourth-order valence-corrected chi connectivity index (χ4v) is 2.60. The zero-order valence-electron chi connectivity index (χ0n) is 9.84. The normalized spacial score (nSPS) is 17.5. The summed E-state index contributed by atoms with van der Waals surface area (Å²) in [5.74, 6) is 2.21. The Labute approximate surface area is 109 Å². The number of H-pyrrole nitrogens is 1. The minimum Gasteiger partial charge on any atom is -0.356 e.